The molecule has 1 saturated heterocycles. The lowest BCUT2D eigenvalue weighted by Crippen LogP contribution is -2.54. The Hall–Kier alpha value is -2.22. The normalized spacial score (nSPS) is 16.0. The van der Waals surface area contributed by atoms with E-state index in [2.05, 4.69) is 21.2 Å². The highest BCUT2D eigenvalue weighted by molar-refractivity contribution is 9.10. The van der Waals surface area contributed by atoms with Crippen LogP contribution in [0.3, 0.4) is 0 Å². The maximum absolute atomic E-state index is 12.9. The summed E-state index contributed by atoms with van der Waals surface area (Å²) in [5, 5.41) is 3.08. The monoisotopic (exact) mass is 450 g/mol. The highest BCUT2D eigenvalue weighted by Crippen LogP contribution is 2.28. The van der Waals surface area contributed by atoms with Gasteiger partial charge in [-0.15, -0.1) is 0 Å². The molecule has 1 aliphatic heterocycles. The highest BCUT2D eigenvalue weighted by Gasteiger charge is 2.34. The van der Waals surface area contributed by atoms with E-state index in [-0.39, 0.29) is 10.7 Å². The second kappa shape index (κ2) is 7.57. The van der Waals surface area contributed by atoms with Crippen molar-refractivity contribution in [1.29, 1.82) is 0 Å². The average molecular weight is 452 g/mol. The largest absolute Gasteiger partial charge is 0.496 e. The first-order chi connectivity index (χ1) is 12.4. The second-order valence-corrected chi connectivity index (χ2v) is 7.06. The zero-order chi connectivity index (χ0) is 18.8. The molecule has 8 heteroatoms. The molecule has 2 aromatic rings. The van der Waals surface area contributed by atoms with Crippen molar-refractivity contribution in [2.45, 2.75) is 0 Å². The van der Waals surface area contributed by atoms with Crippen LogP contribution in [0.5, 0.6) is 5.75 Å². The van der Waals surface area contributed by atoms with Crippen molar-refractivity contribution in [3.63, 3.8) is 0 Å². The van der Waals surface area contributed by atoms with Crippen LogP contribution in [0.4, 0.5) is 5.69 Å². The van der Waals surface area contributed by atoms with Crippen LogP contribution in [-0.4, -0.2) is 24.0 Å². The van der Waals surface area contributed by atoms with Crippen molar-refractivity contribution in [3.05, 3.63) is 63.1 Å². The number of carbonyl (C=O) groups is 2. The van der Waals surface area contributed by atoms with Gasteiger partial charge in [-0.25, -0.2) is 0 Å². The molecule has 0 saturated carbocycles. The number of ether oxygens (including phenoxy) is 1. The van der Waals surface area contributed by atoms with E-state index in [1.807, 2.05) is 0 Å². The Kier molecular flexibility index (Phi) is 5.41. The summed E-state index contributed by atoms with van der Waals surface area (Å²) >= 11 is 14.4. The number of hydrogen-bond acceptors (Lipinski definition) is 4. The first kappa shape index (κ1) is 18.6. The molecule has 3 rings (SSSR count). The molecular weight excluding hydrogens is 440 g/mol. The third-order valence-corrected chi connectivity index (χ3v) is 4.71. The van der Waals surface area contributed by atoms with Crippen LogP contribution in [0.1, 0.15) is 5.56 Å². The lowest BCUT2D eigenvalue weighted by atomic mass is 10.1. The van der Waals surface area contributed by atoms with E-state index in [1.54, 1.807) is 42.5 Å². The predicted molar refractivity (Wildman–Crippen MR) is 108 cm³/mol. The molecular formula is C18H12BrClN2O3S. The molecule has 2 aromatic carbocycles. The molecule has 0 spiro atoms. The molecule has 26 heavy (non-hydrogen) atoms. The van der Waals surface area contributed by atoms with Gasteiger partial charge in [-0.3, -0.25) is 19.8 Å². The zero-order valence-corrected chi connectivity index (χ0v) is 16.6. The molecule has 1 N–H and O–H groups in total. The Labute approximate surface area is 168 Å². The molecule has 132 valence electrons. The van der Waals surface area contributed by atoms with Crippen molar-refractivity contribution in [3.8, 4) is 5.75 Å². The van der Waals surface area contributed by atoms with E-state index in [0.29, 0.717) is 22.0 Å². The molecule has 1 fully saturated rings. The summed E-state index contributed by atoms with van der Waals surface area (Å²) in [5.41, 5.74) is 1.05. The van der Waals surface area contributed by atoms with Gasteiger partial charge in [0.05, 0.1) is 12.8 Å². The van der Waals surface area contributed by atoms with E-state index in [4.69, 9.17) is 28.6 Å². The molecule has 0 aliphatic carbocycles. The van der Waals surface area contributed by atoms with Gasteiger partial charge in [-0.2, -0.15) is 0 Å². The number of amides is 2. The number of methoxy groups -OCH3 is 1. The van der Waals surface area contributed by atoms with Crippen LogP contribution in [-0.2, 0) is 9.59 Å². The van der Waals surface area contributed by atoms with Crippen LogP contribution >= 0.6 is 39.7 Å². The van der Waals surface area contributed by atoms with Crippen LogP contribution < -0.4 is 15.0 Å². The van der Waals surface area contributed by atoms with Crippen molar-refractivity contribution in [2.75, 3.05) is 12.0 Å². The Morgan fingerprint density at radius 2 is 1.88 bits per heavy atom. The standard InChI is InChI=1S/C18H12BrClN2O3S/c1-25-15-7-2-11(19)8-10(15)9-14-16(23)21-18(26)22(17(14)24)13-5-3-12(20)4-6-13/h2-9H,1H3,(H,21,23,26)/b14-9+. The second-order valence-electron chi connectivity index (χ2n) is 5.32. The summed E-state index contributed by atoms with van der Waals surface area (Å²) in [6, 6.07) is 11.9. The summed E-state index contributed by atoms with van der Waals surface area (Å²) in [6.45, 7) is 0. The van der Waals surface area contributed by atoms with Gasteiger partial charge in [0.2, 0.25) is 0 Å². The van der Waals surface area contributed by atoms with Gasteiger partial charge < -0.3 is 4.74 Å². The molecule has 1 aliphatic rings. The fraction of sp³-hybridized carbons (Fsp3) is 0.0556. The quantitative estimate of drug-likeness (QED) is 0.436. The number of anilines is 1. The van der Waals surface area contributed by atoms with Crippen LogP contribution in [0.2, 0.25) is 5.02 Å². The maximum Gasteiger partial charge on any atom is 0.270 e. The number of hydrogen-bond donors (Lipinski definition) is 1. The number of benzene rings is 2. The number of nitrogens with zero attached hydrogens (tertiary/aromatic N) is 1. The Morgan fingerprint density at radius 3 is 2.54 bits per heavy atom. The molecule has 5 nitrogen and oxygen atoms in total. The molecule has 0 unspecified atom stereocenters. The Balaban J connectivity index is 2.06. The van der Waals surface area contributed by atoms with E-state index in [1.165, 1.54) is 18.1 Å². The van der Waals surface area contributed by atoms with Gasteiger partial charge in [-0.1, -0.05) is 27.5 Å². The predicted octanol–water partition coefficient (Wildman–Crippen LogP) is 3.94. The molecule has 0 bridgehead atoms. The summed E-state index contributed by atoms with van der Waals surface area (Å²) in [7, 11) is 1.52. The fourth-order valence-corrected chi connectivity index (χ4v) is 3.24. The summed E-state index contributed by atoms with van der Waals surface area (Å²) < 4.78 is 6.09. The SMILES string of the molecule is COc1ccc(Br)cc1/C=C1\C(=O)NC(=S)N(c2ccc(Cl)cc2)C1=O. The van der Waals surface area contributed by atoms with E-state index >= 15 is 0 Å². The summed E-state index contributed by atoms with van der Waals surface area (Å²) in [6.07, 6.45) is 1.48. The van der Waals surface area contributed by atoms with Gasteiger partial charge in [-0.05, 0) is 60.8 Å². The van der Waals surface area contributed by atoms with Crippen molar-refractivity contribution < 1.29 is 14.3 Å². The minimum Gasteiger partial charge on any atom is -0.496 e. The number of nitrogens with one attached hydrogen (secondary N) is 1. The topological polar surface area (TPSA) is 58.6 Å². The molecule has 0 aromatic heterocycles. The molecule has 0 radical (unpaired) electrons. The van der Waals surface area contributed by atoms with E-state index in [0.717, 1.165) is 4.47 Å². The molecule has 1 heterocycles. The van der Waals surface area contributed by atoms with Crippen molar-refractivity contribution in [2.24, 2.45) is 0 Å². The number of rotatable bonds is 3. The fourth-order valence-electron chi connectivity index (χ4n) is 2.46. The minimum atomic E-state index is -0.563. The highest BCUT2D eigenvalue weighted by atomic mass is 79.9. The molecule has 0 atom stereocenters. The number of carbonyl (C=O) groups excluding carboxylic acids is 2. The van der Waals surface area contributed by atoms with Gasteiger partial charge in [0, 0.05) is 15.1 Å². The minimum absolute atomic E-state index is 0.0145. The maximum atomic E-state index is 12.9. The third-order valence-electron chi connectivity index (χ3n) is 3.68. The first-order valence-electron chi connectivity index (χ1n) is 7.41. The summed E-state index contributed by atoms with van der Waals surface area (Å²) in [4.78, 5) is 26.5. The number of thiocarbonyl (C=S) groups is 1. The smallest absolute Gasteiger partial charge is 0.270 e. The van der Waals surface area contributed by atoms with Crippen molar-refractivity contribution in [1.82, 2.24) is 5.32 Å². The van der Waals surface area contributed by atoms with Crippen LogP contribution in [0.25, 0.3) is 6.08 Å². The Bertz CT molecular complexity index is 944. The average Bonchev–Trinajstić information content (AvgIpc) is 2.60. The van der Waals surface area contributed by atoms with Gasteiger partial charge >= 0.3 is 0 Å². The van der Waals surface area contributed by atoms with Crippen LogP contribution in [0.15, 0.2) is 52.5 Å². The van der Waals surface area contributed by atoms with Gasteiger partial charge in [0.1, 0.15) is 11.3 Å². The van der Waals surface area contributed by atoms with Crippen LogP contribution in [0, 0.1) is 0 Å². The van der Waals surface area contributed by atoms with E-state index in [9.17, 15) is 9.59 Å². The molecule has 2 amide bonds. The lowest BCUT2D eigenvalue weighted by molar-refractivity contribution is -0.122. The summed E-state index contributed by atoms with van der Waals surface area (Å²) in [5.74, 6) is -0.553. The van der Waals surface area contributed by atoms with Gasteiger partial charge in [0.15, 0.2) is 5.11 Å². The first-order valence-corrected chi connectivity index (χ1v) is 8.99. The Morgan fingerprint density at radius 1 is 1.19 bits per heavy atom. The van der Waals surface area contributed by atoms with Gasteiger partial charge in [0.25, 0.3) is 11.8 Å². The number of halogens is 2. The lowest BCUT2D eigenvalue weighted by Gasteiger charge is -2.29. The van der Waals surface area contributed by atoms with Crippen molar-refractivity contribution >= 4 is 68.4 Å². The third kappa shape index (κ3) is 3.65. The van der Waals surface area contributed by atoms with E-state index < -0.39 is 11.8 Å². The zero-order valence-electron chi connectivity index (χ0n) is 13.5.